The highest BCUT2D eigenvalue weighted by Gasteiger charge is 2.09. The molecule has 7 nitrogen and oxygen atoms in total. The summed E-state index contributed by atoms with van der Waals surface area (Å²) in [6.07, 6.45) is 2.91. The van der Waals surface area contributed by atoms with Gasteiger partial charge < -0.3 is 15.4 Å². The van der Waals surface area contributed by atoms with E-state index in [1.165, 1.54) is 12.4 Å². The molecule has 27 heavy (non-hydrogen) atoms. The summed E-state index contributed by atoms with van der Waals surface area (Å²) in [4.78, 5) is 20.6. The first-order valence-corrected chi connectivity index (χ1v) is 8.18. The van der Waals surface area contributed by atoms with Crippen molar-refractivity contribution in [3.63, 3.8) is 0 Å². The first-order chi connectivity index (χ1) is 13.2. The van der Waals surface area contributed by atoms with Crippen molar-refractivity contribution >= 4 is 17.4 Å². The van der Waals surface area contributed by atoms with E-state index in [2.05, 4.69) is 20.6 Å². The summed E-state index contributed by atoms with van der Waals surface area (Å²) in [7, 11) is 1.63. The smallest absolute Gasteiger partial charge is 0.275 e. The Bertz CT molecular complexity index is 963. The van der Waals surface area contributed by atoms with Crippen LogP contribution in [0.5, 0.6) is 5.75 Å². The maximum absolute atomic E-state index is 12.2. The number of anilines is 2. The highest BCUT2D eigenvalue weighted by atomic mass is 16.5. The van der Waals surface area contributed by atoms with Gasteiger partial charge in [0.2, 0.25) is 0 Å². The van der Waals surface area contributed by atoms with Gasteiger partial charge in [-0.3, -0.25) is 4.79 Å². The molecule has 0 atom stereocenters. The van der Waals surface area contributed by atoms with Crippen LogP contribution in [0.15, 0.2) is 60.9 Å². The van der Waals surface area contributed by atoms with Crippen LogP contribution in [0.2, 0.25) is 0 Å². The van der Waals surface area contributed by atoms with Gasteiger partial charge >= 0.3 is 0 Å². The molecule has 0 unspecified atom stereocenters. The van der Waals surface area contributed by atoms with E-state index in [0.717, 1.165) is 11.3 Å². The minimum atomic E-state index is -0.390. The molecule has 2 N–H and O–H groups in total. The van der Waals surface area contributed by atoms with Gasteiger partial charge in [-0.25, -0.2) is 9.97 Å². The van der Waals surface area contributed by atoms with Crippen LogP contribution >= 0.6 is 0 Å². The minimum absolute atomic E-state index is 0.187. The van der Waals surface area contributed by atoms with Crippen LogP contribution in [0.3, 0.4) is 0 Å². The van der Waals surface area contributed by atoms with Crippen LogP contribution in [-0.2, 0) is 6.54 Å². The van der Waals surface area contributed by atoms with Crippen molar-refractivity contribution in [1.82, 2.24) is 9.97 Å². The second kappa shape index (κ2) is 8.45. The summed E-state index contributed by atoms with van der Waals surface area (Å²) >= 11 is 0. The van der Waals surface area contributed by atoms with E-state index >= 15 is 0 Å². The zero-order valence-corrected chi connectivity index (χ0v) is 14.6. The van der Waals surface area contributed by atoms with E-state index in [1.54, 1.807) is 31.4 Å². The molecule has 0 bridgehead atoms. The number of nitrogens with one attached hydrogen (secondary N) is 2. The number of rotatable bonds is 6. The number of benzene rings is 2. The monoisotopic (exact) mass is 359 g/mol. The van der Waals surface area contributed by atoms with Crippen molar-refractivity contribution in [3.8, 4) is 11.8 Å². The molecule has 1 amide bonds. The van der Waals surface area contributed by atoms with E-state index in [-0.39, 0.29) is 11.6 Å². The number of amides is 1. The molecule has 0 saturated carbocycles. The average Bonchev–Trinajstić information content (AvgIpc) is 2.73. The molecule has 3 rings (SSSR count). The van der Waals surface area contributed by atoms with Crippen LogP contribution in [0.4, 0.5) is 11.5 Å². The third-order valence-electron chi connectivity index (χ3n) is 3.77. The zero-order chi connectivity index (χ0) is 19.1. The van der Waals surface area contributed by atoms with E-state index in [1.807, 2.05) is 30.3 Å². The normalized spacial score (nSPS) is 9.93. The molecule has 0 radical (unpaired) electrons. The SMILES string of the molecule is COc1ccc(CNc2cnc(C(=O)Nc3cccc(C#N)c3)cn2)cc1. The number of carbonyl (C=O) groups excluding carboxylic acids is 1. The average molecular weight is 359 g/mol. The van der Waals surface area contributed by atoms with Crippen molar-refractivity contribution in [2.24, 2.45) is 0 Å². The van der Waals surface area contributed by atoms with Crippen molar-refractivity contribution in [1.29, 1.82) is 5.26 Å². The van der Waals surface area contributed by atoms with Gasteiger partial charge in [0.15, 0.2) is 0 Å². The summed E-state index contributed by atoms with van der Waals surface area (Å²) in [5.74, 6) is 0.974. The Morgan fingerprint density at radius 3 is 2.63 bits per heavy atom. The third-order valence-corrected chi connectivity index (χ3v) is 3.77. The molecule has 0 saturated heterocycles. The summed E-state index contributed by atoms with van der Waals surface area (Å²) in [5.41, 5.74) is 2.25. The lowest BCUT2D eigenvalue weighted by Gasteiger charge is -2.08. The lowest BCUT2D eigenvalue weighted by atomic mass is 10.2. The lowest BCUT2D eigenvalue weighted by molar-refractivity contribution is 0.102. The van der Waals surface area contributed by atoms with Crippen LogP contribution in [0.1, 0.15) is 21.6 Å². The van der Waals surface area contributed by atoms with Gasteiger partial charge in [-0.1, -0.05) is 18.2 Å². The van der Waals surface area contributed by atoms with Gasteiger partial charge in [-0.05, 0) is 35.9 Å². The number of aromatic nitrogens is 2. The van der Waals surface area contributed by atoms with E-state index in [9.17, 15) is 4.79 Å². The van der Waals surface area contributed by atoms with Gasteiger partial charge in [0.25, 0.3) is 5.91 Å². The highest BCUT2D eigenvalue weighted by Crippen LogP contribution is 2.13. The Hall–Kier alpha value is -3.92. The Balaban J connectivity index is 1.58. The van der Waals surface area contributed by atoms with Crippen LogP contribution in [0.25, 0.3) is 0 Å². The maximum Gasteiger partial charge on any atom is 0.275 e. The Morgan fingerprint density at radius 2 is 1.96 bits per heavy atom. The second-order valence-corrected chi connectivity index (χ2v) is 5.64. The molecule has 134 valence electrons. The number of ether oxygens (including phenoxy) is 1. The molecule has 1 aromatic heterocycles. The van der Waals surface area contributed by atoms with Crippen LogP contribution in [0, 0.1) is 11.3 Å². The fourth-order valence-corrected chi connectivity index (χ4v) is 2.33. The molecule has 0 fully saturated rings. The van der Waals surface area contributed by atoms with Gasteiger partial charge in [-0.15, -0.1) is 0 Å². The highest BCUT2D eigenvalue weighted by molar-refractivity contribution is 6.02. The fraction of sp³-hybridized carbons (Fsp3) is 0.100. The molecule has 1 heterocycles. The van der Waals surface area contributed by atoms with Gasteiger partial charge in [-0.2, -0.15) is 5.26 Å². The Labute approximate surface area is 156 Å². The first kappa shape index (κ1) is 17.9. The summed E-state index contributed by atoms with van der Waals surface area (Å²) in [6, 6.07) is 16.4. The number of hydrogen-bond acceptors (Lipinski definition) is 6. The molecule has 7 heteroatoms. The Kier molecular flexibility index (Phi) is 5.60. The summed E-state index contributed by atoms with van der Waals surface area (Å²) in [6.45, 7) is 0.575. The second-order valence-electron chi connectivity index (χ2n) is 5.64. The molecule has 2 aromatic carbocycles. The molecular weight excluding hydrogens is 342 g/mol. The maximum atomic E-state index is 12.2. The van der Waals surface area contributed by atoms with E-state index < -0.39 is 0 Å². The Morgan fingerprint density at radius 1 is 1.15 bits per heavy atom. The first-order valence-electron chi connectivity index (χ1n) is 8.18. The molecule has 0 spiro atoms. The molecular formula is C20H17N5O2. The van der Waals surface area contributed by atoms with Crippen LogP contribution < -0.4 is 15.4 Å². The van der Waals surface area contributed by atoms with Crippen molar-refractivity contribution < 1.29 is 9.53 Å². The van der Waals surface area contributed by atoms with E-state index in [0.29, 0.717) is 23.6 Å². The number of hydrogen-bond donors (Lipinski definition) is 2. The predicted octanol–water partition coefficient (Wildman–Crippen LogP) is 3.22. The van der Waals surface area contributed by atoms with Crippen molar-refractivity contribution in [2.45, 2.75) is 6.54 Å². The quantitative estimate of drug-likeness (QED) is 0.701. The topological polar surface area (TPSA) is 99.9 Å². The van der Waals surface area contributed by atoms with Crippen molar-refractivity contribution in [2.75, 3.05) is 17.7 Å². The van der Waals surface area contributed by atoms with Gasteiger partial charge in [0, 0.05) is 12.2 Å². The molecule has 0 aliphatic heterocycles. The minimum Gasteiger partial charge on any atom is -0.497 e. The van der Waals surface area contributed by atoms with Crippen LogP contribution in [-0.4, -0.2) is 23.0 Å². The molecule has 0 aliphatic rings. The standard InChI is InChI=1S/C20H17N5O2/c1-27-17-7-5-14(6-8-17)11-23-19-13-22-18(12-24-19)20(26)25-16-4-2-3-15(9-16)10-21/h2-9,12-13H,11H2,1H3,(H,23,24)(H,25,26). The zero-order valence-electron chi connectivity index (χ0n) is 14.6. The van der Waals surface area contributed by atoms with Gasteiger partial charge in [0.1, 0.15) is 17.3 Å². The summed E-state index contributed by atoms with van der Waals surface area (Å²) < 4.78 is 5.13. The third kappa shape index (κ3) is 4.80. The fourth-order valence-electron chi connectivity index (χ4n) is 2.33. The number of nitriles is 1. The van der Waals surface area contributed by atoms with E-state index in [4.69, 9.17) is 10.00 Å². The molecule has 0 aliphatic carbocycles. The lowest BCUT2D eigenvalue weighted by Crippen LogP contribution is -2.14. The van der Waals surface area contributed by atoms with Crippen molar-refractivity contribution in [3.05, 3.63) is 77.7 Å². The number of nitrogens with zero attached hydrogens (tertiary/aromatic N) is 3. The summed E-state index contributed by atoms with van der Waals surface area (Å²) in [5, 5.41) is 14.7. The van der Waals surface area contributed by atoms with Gasteiger partial charge in [0.05, 0.1) is 31.1 Å². The largest absolute Gasteiger partial charge is 0.497 e. The number of methoxy groups -OCH3 is 1. The number of carbonyl (C=O) groups is 1. The molecule has 3 aromatic rings. The predicted molar refractivity (Wildman–Crippen MR) is 101 cm³/mol.